The van der Waals surface area contributed by atoms with Gasteiger partial charge < -0.3 is 9.13 Å². The molecule has 4 heteroatoms. The molecule has 0 aliphatic carbocycles. The van der Waals surface area contributed by atoms with Crippen molar-refractivity contribution in [3.8, 4) is 0 Å². The minimum Gasteiger partial charge on any atom is -0.398 e. The molecule has 0 fully saturated rings. The van der Waals surface area contributed by atoms with Crippen molar-refractivity contribution in [2.45, 2.75) is 53.1 Å². The highest BCUT2D eigenvalue weighted by atomic mass is 28.3. The molecule has 2 rings (SSSR count). The molecule has 0 bridgehead atoms. The Morgan fingerprint density at radius 3 is 1.14 bits per heavy atom. The third-order valence-electron chi connectivity index (χ3n) is 5.31. The lowest BCUT2D eigenvalue weighted by atomic mass is 9.99. The average molecular weight is 411 g/mol. The van der Waals surface area contributed by atoms with Crippen molar-refractivity contribution in [1.29, 1.82) is 0 Å². The Morgan fingerprint density at radius 2 is 0.929 bits per heavy atom. The third-order valence-corrected chi connectivity index (χ3v) is 9.69. The fourth-order valence-electron chi connectivity index (χ4n) is 3.94. The first-order chi connectivity index (χ1) is 13.0. The molecule has 2 nitrogen and oxygen atoms in total. The first-order valence-electron chi connectivity index (χ1n) is 10.4. The van der Waals surface area contributed by atoms with E-state index in [1.54, 1.807) is 0 Å². The fraction of sp³-hybridized carbons (Fsp3) is 0.417. The Kier molecular flexibility index (Phi) is 6.99. The molecule has 0 unspecified atom stereocenters. The predicted octanol–water partition coefficient (Wildman–Crippen LogP) is 7.07. The van der Waals surface area contributed by atoms with Crippen molar-refractivity contribution >= 4 is 33.4 Å². The first-order valence-corrected chi connectivity index (χ1v) is 17.3. The summed E-state index contributed by atoms with van der Waals surface area (Å²) < 4.78 is 5.12. The molecule has 0 atom stereocenters. The maximum absolute atomic E-state index is 4.37. The van der Waals surface area contributed by atoms with Gasteiger partial charge in [-0.3, -0.25) is 0 Å². The van der Waals surface area contributed by atoms with Crippen molar-refractivity contribution in [1.82, 2.24) is 0 Å². The van der Waals surface area contributed by atoms with Gasteiger partial charge in [-0.1, -0.05) is 70.1 Å². The monoisotopic (exact) mass is 410 g/mol. The zero-order valence-corrected chi connectivity index (χ0v) is 21.1. The van der Waals surface area contributed by atoms with Crippen molar-refractivity contribution in [2.75, 3.05) is 22.2 Å². The summed E-state index contributed by atoms with van der Waals surface area (Å²) >= 11 is 0. The van der Waals surface area contributed by atoms with Gasteiger partial charge in [-0.25, -0.2) is 0 Å². The van der Waals surface area contributed by atoms with Crippen LogP contribution in [-0.2, 0) is 0 Å². The molecule has 0 aromatic heterocycles. The molecular formula is C24H38N2Si2. The summed E-state index contributed by atoms with van der Waals surface area (Å²) in [5.74, 6) is 0. The van der Waals surface area contributed by atoms with E-state index in [0.29, 0.717) is 0 Å². The highest BCUT2D eigenvalue weighted by Gasteiger charge is 2.23. The third kappa shape index (κ3) is 5.17. The van der Waals surface area contributed by atoms with E-state index in [4.69, 9.17) is 0 Å². The Labute approximate surface area is 175 Å². The van der Waals surface area contributed by atoms with Gasteiger partial charge in [-0.15, -0.1) is 0 Å². The van der Waals surface area contributed by atoms with Crippen LogP contribution in [0.4, 0.5) is 11.4 Å². The van der Waals surface area contributed by atoms with Gasteiger partial charge in [-0.2, -0.15) is 0 Å². The lowest BCUT2D eigenvalue weighted by Crippen LogP contribution is -2.46. The van der Waals surface area contributed by atoms with Gasteiger partial charge in [0.15, 0.2) is 0 Å². The molecule has 0 aliphatic rings. The average Bonchev–Trinajstić information content (AvgIpc) is 2.61. The number of anilines is 2. The molecule has 0 saturated carbocycles. The number of hydrogen-bond acceptors (Lipinski definition) is 2. The molecule has 0 saturated heterocycles. The lowest BCUT2D eigenvalue weighted by Gasteiger charge is -2.35. The van der Waals surface area contributed by atoms with Gasteiger partial charge in [0, 0.05) is 24.5 Å². The maximum atomic E-state index is 4.37. The van der Waals surface area contributed by atoms with Gasteiger partial charge in [0.2, 0.25) is 0 Å². The van der Waals surface area contributed by atoms with E-state index in [-0.39, 0.29) is 0 Å². The van der Waals surface area contributed by atoms with Gasteiger partial charge in [0.1, 0.15) is 16.5 Å². The summed E-state index contributed by atoms with van der Waals surface area (Å²) in [6.45, 7) is 25.3. The second-order valence-corrected chi connectivity index (χ2v) is 19.2. The van der Waals surface area contributed by atoms with E-state index < -0.39 is 16.5 Å². The molecule has 28 heavy (non-hydrogen) atoms. The highest BCUT2D eigenvalue weighted by Crippen LogP contribution is 2.29. The largest absolute Gasteiger partial charge is 0.398 e. The molecule has 2 aromatic carbocycles. The van der Waals surface area contributed by atoms with Gasteiger partial charge >= 0.3 is 0 Å². The standard InChI is InChI=1S/C24H38N2Si2/c1-10-25(27(4,5)6)23-16-12-21(13-17-23)20(3)22-14-18-24(19-15-22)26(11-2)28(7,8)9/h12-19H,3,10-11H2,1-2,4-9H3. The Morgan fingerprint density at radius 1 is 0.643 bits per heavy atom. The van der Waals surface area contributed by atoms with Crippen molar-refractivity contribution in [2.24, 2.45) is 0 Å². The van der Waals surface area contributed by atoms with E-state index in [1.807, 2.05) is 0 Å². The molecule has 2 aromatic rings. The van der Waals surface area contributed by atoms with Crippen molar-refractivity contribution in [3.63, 3.8) is 0 Å². The van der Waals surface area contributed by atoms with E-state index in [0.717, 1.165) is 18.7 Å². The molecule has 0 N–H and O–H groups in total. The topological polar surface area (TPSA) is 6.48 Å². The van der Waals surface area contributed by atoms with Crippen LogP contribution in [0.3, 0.4) is 0 Å². The second kappa shape index (κ2) is 8.70. The van der Waals surface area contributed by atoms with Crippen LogP contribution >= 0.6 is 0 Å². The predicted molar refractivity (Wildman–Crippen MR) is 134 cm³/mol. The summed E-state index contributed by atoms with van der Waals surface area (Å²) in [5.41, 5.74) is 6.12. The van der Waals surface area contributed by atoms with Crippen LogP contribution in [0, 0.1) is 0 Å². The minimum atomic E-state index is -1.36. The molecular weight excluding hydrogens is 372 g/mol. The summed E-state index contributed by atoms with van der Waals surface area (Å²) in [7, 11) is -2.73. The Bertz CT molecular complexity index is 714. The SMILES string of the molecule is C=C(c1ccc(N(CC)[Si](C)(C)C)cc1)c1ccc(N(CC)[Si](C)(C)C)cc1. The van der Waals surface area contributed by atoms with Crippen LogP contribution in [0.25, 0.3) is 5.57 Å². The molecule has 0 aliphatic heterocycles. The van der Waals surface area contributed by atoms with Crippen LogP contribution in [0.2, 0.25) is 39.3 Å². The summed E-state index contributed by atoms with van der Waals surface area (Å²) in [5, 5.41) is 0. The number of benzene rings is 2. The normalized spacial score (nSPS) is 12.0. The Balaban J connectivity index is 2.22. The van der Waals surface area contributed by atoms with E-state index in [1.165, 1.54) is 22.5 Å². The zero-order chi connectivity index (χ0) is 21.1. The van der Waals surface area contributed by atoms with Crippen molar-refractivity contribution in [3.05, 3.63) is 66.2 Å². The van der Waals surface area contributed by atoms with Crippen molar-refractivity contribution < 1.29 is 0 Å². The summed E-state index contributed by atoms with van der Waals surface area (Å²) in [4.78, 5) is 0. The second-order valence-electron chi connectivity index (χ2n) is 9.40. The smallest absolute Gasteiger partial charge is 0.147 e. The first kappa shape index (κ1) is 22.5. The Hall–Kier alpha value is -1.79. The minimum absolute atomic E-state index is 1.06. The van der Waals surface area contributed by atoms with Crippen LogP contribution < -0.4 is 9.13 Å². The number of hydrogen-bond donors (Lipinski definition) is 0. The highest BCUT2D eigenvalue weighted by molar-refractivity contribution is 6.80. The van der Waals surface area contributed by atoms with E-state index in [9.17, 15) is 0 Å². The number of rotatable bonds is 8. The zero-order valence-electron chi connectivity index (χ0n) is 19.1. The molecule has 152 valence electrons. The quantitative estimate of drug-likeness (QED) is 0.429. The van der Waals surface area contributed by atoms with Crippen LogP contribution in [0.1, 0.15) is 25.0 Å². The lowest BCUT2D eigenvalue weighted by molar-refractivity contribution is 1.05. The van der Waals surface area contributed by atoms with Crippen LogP contribution in [0.5, 0.6) is 0 Å². The van der Waals surface area contributed by atoms with E-state index in [2.05, 4.69) is 117 Å². The summed E-state index contributed by atoms with van der Waals surface area (Å²) in [6, 6.07) is 17.9. The van der Waals surface area contributed by atoms with Crippen LogP contribution in [-0.4, -0.2) is 29.6 Å². The van der Waals surface area contributed by atoms with Crippen LogP contribution in [0.15, 0.2) is 55.1 Å². The molecule has 0 radical (unpaired) electrons. The molecule has 0 spiro atoms. The molecule has 0 heterocycles. The molecule has 0 amide bonds. The number of nitrogens with zero attached hydrogens (tertiary/aromatic N) is 2. The maximum Gasteiger partial charge on any atom is 0.147 e. The fourth-order valence-corrected chi connectivity index (χ4v) is 7.68. The summed E-state index contributed by atoms with van der Waals surface area (Å²) in [6.07, 6.45) is 0. The van der Waals surface area contributed by atoms with Gasteiger partial charge in [0.25, 0.3) is 0 Å². The van der Waals surface area contributed by atoms with Gasteiger partial charge in [0.05, 0.1) is 0 Å². The van der Waals surface area contributed by atoms with E-state index >= 15 is 0 Å². The van der Waals surface area contributed by atoms with Gasteiger partial charge in [-0.05, 0) is 54.8 Å².